The third-order valence-corrected chi connectivity index (χ3v) is 8.95. The number of methoxy groups -OCH3 is 1. The van der Waals surface area contributed by atoms with Crippen molar-refractivity contribution in [2.24, 2.45) is 0 Å². The number of carbonyl (C=O) groups excluding carboxylic acids is 2. The summed E-state index contributed by atoms with van der Waals surface area (Å²) >= 11 is 0. The van der Waals surface area contributed by atoms with E-state index in [1.54, 1.807) is 7.11 Å². The molecule has 2 atom stereocenters. The largest absolute Gasteiger partial charge is 0.497 e. The van der Waals surface area contributed by atoms with E-state index in [9.17, 15) is 9.59 Å². The zero-order valence-corrected chi connectivity index (χ0v) is 26.6. The van der Waals surface area contributed by atoms with Crippen molar-refractivity contribution in [3.8, 4) is 17.0 Å². The van der Waals surface area contributed by atoms with Crippen molar-refractivity contribution >= 4 is 28.8 Å². The van der Waals surface area contributed by atoms with Crippen molar-refractivity contribution in [3.05, 3.63) is 71.8 Å². The fourth-order valence-corrected chi connectivity index (χ4v) is 6.41. The standard InChI is InChI=1S/C36H45N5O3/c1-5-28(42)16-10-7-11-17-32(36-37-24-33(39-36)27-14-8-6-9-15-27)38-35(43)23-30-25(2)41(26(3)40-20-12-13-21-40)34-19-18-29(44-4)22-31(30)34/h6,8-9,14-15,18-20,22,24,26,32H,5,7,10-13,16-17,21,23H2,1-4H3,(H-,37,38,39,43)/p+1/t26?,32-/m0/s1. The second-order valence-corrected chi connectivity index (χ2v) is 11.8. The predicted molar refractivity (Wildman–Crippen MR) is 175 cm³/mol. The summed E-state index contributed by atoms with van der Waals surface area (Å²) in [6.07, 6.45) is 11.4. The van der Waals surface area contributed by atoms with Crippen molar-refractivity contribution in [1.82, 2.24) is 19.9 Å². The van der Waals surface area contributed by atoms with Gasteiger partial charge in [0.05, 0.1) is 37.0 Å². The zero-order chi connectivity index (χ0) is 31.1. The van der Waals surface area contributed by atoms with Crippen LogP contribution in [0, 0.1) is 6.92 Å². The molecular formula is C36H46N5O3+. The Morgan fingerprint density at radius 3 is 2.68 bits per heavy atom. The summed E-state index contributed by atoms with van der Waals surface area (Å²) in [6.45, 7) is 7.30. The molecule has 1 amide bonds. The lowest BCUT2D eigenvalue weighted by molar-refractivity contribution is -0.574. The van der Waals surface area contributed by atoms with Crippen LogP contribution >= 0.6 is 0 Å². The number of nitrogens with one attached hydrogen (secondary N) is 2. The number of unbranched alkanes of at least 4 members (excludes halogenated alkanes) is 2. The molecule has 8 nitrogen and oxygen atoms in total. The Bertz CT molecular complexity index is 1620. The van der Waals surface area contributed by atoms with Gasteiger partial charge < -0.3 is 15.0 Å². The molecule has 3 heterocycles. The second kappa shape index (κ2) is 14.5. The summed E-state index contributed by atoms with van der Waals surface area (Å²) in [4.78, 5) is 33.8. The third-order valence-electron chi connectivity index (χ3n) is 8.95. The van der Waals surface area contributed by atoms with Crippen LogP contribution in [-0.4, -0.2) is 50.7 Å². The Labute approximate surface area is 260 Å². The van der Waals surface area contributed by atoms with Gasteiger partial charge in [-0.2, -0.15) is 0 Å². The highest BCUT2D eigenvalue weighted by Crippen LogP contribution is 2.33. The number of aromatic nitrogens is 3. The highest BCUT2D eigenvalue weighted by molar-refractivity contribution is 5.92. The van der Waals surface area contributed by atoms with Crippen LogP contribution in [0.3, 0.4) is 0 Å². The minimum atomic E-state index is -0.261. The molecule has 0 fully saturated rings. The van der Waals surface area contributed by atoms with Crippen molar-refractivity contribution < 1.29 is 18.9 Å². The highest BCUT2D eigenvalue weighted by atomic mass is 16.5. The Hall–Kier alpha value is -4.20. The lowest BCUT2D eigenvalue weighted by Gasteiger charge is -2.18. The number of carbonyl (C=O) groups is 2. The van der Waals surface area contributed by atoms with Gasteiger partial charge in [0, 0.05) is 43.7 Å². The smallest absolute Gasteiger partial charge is 0.229 e. The maximum absolute atomic E-state index is 13.8. The second-order valence-electron chi connectivity index (χ2n) is 11.8. The normalized spacial score (nSPS) is 14.4. The van der Waals surface area contributed by atoms with E-state index in [1.807, 2.05) is 49.5 Å². The van der Waals surface area contributed by atoms with Crippen molar-refractivity contribution in [3.63, 3.8) is 0 Å². The molecule has 1 aliphatic heterocycles. The molecule has 232 valence electrons. The van der Waals surface area contributed by atoms with Gasteiger partial charge in [0.1, 0.15) is 30.1 Å². The van der Waals surface area contributed by atoms with Crippen LogP contribution in [0.5, 0.6) is 5.75 Å². The highest BCUT2D eigenvalue weighted by Gasteiger charge is 2.27. The molecule has 44 heavy (non-hydrogen) atoms. The quantitative estimate of drug-likeness (QED) is 0.113. The molecule has 2 aromatic carbocycles. The fourth-order valence-electron chi connectivity index (χ4n) is 6.41. The SMILES string of the molecule is CCC(=O)CCCCC[C@H](NC(=O)Cc1c(C)n(C(C)[N+]2=CCCC2)c2ccc(OC)cc12)c1ncc(-c2ccccc2)[nH]1. The summed E-state index contributed by atoms with van der Waals surface area (Å²) in [5.41, 5.74) is 5.19. The number of aromatic amines is 1. The molecule has 1 unspecified atom stereocenters. The number of H-pyrrole nitrogens is 1. The van der Waals surface area contributed by atoms with E-state index in [0.717, 1.165) is 83.6 Å². The first kappa shape index (κ1) is 31.2. The molecule has 0 bridgehead atoms. The molecule has 2 aromatic heterocycles. The van der Waals surface area contributed by atoms with Gasteiger partial charge in [-0.15, -0.1) is 0 Å². The van der Waals surface area contributed by atoms with Crippen LogP contribution in [0.1, 0.15) is 94.5 Å². The number of fused-ring (bicyclic) bond motifs is 1. The van der Waals surface area contributed by atoms with Crippen LogP contribution in [0.15, 0.2) is 54.7 Å². The summed E-state index contributed by atoms with van der Waals surface area (Å²) in [7, 11) is 1.68. The summed E-state index contributed by atoms with van der Waals surface area (Å²) in [5.74, 6) is 1.79. The zero-order valence-electron chi connectivity index (χ0n) is 26.6. The number of nitrogens with zero attached hydrogens (tertiary/aromatic N) is 3. The maximum atomic E-state index is 13.8. The first-order valence-corrected chi connectivity index (χ1v) is 16.1. The molecule has 0 aliphatic carbocycles. The Balaban J connectivity index is 1.38. The van der Waals surface area contributed by atoms with Crippen LogP contribution < -0.4 is 10.1 Å². The minimum Gasteiger partial charge on any atom is -0.497 e. The molecule has 0 saturated heterocycles. The van der Waals surface area contributed by atoms with Gasteiger partial charge in [-0.1, -0.05) is 50.1 Å². The summed E-state index contributed by atoms with van der Waals surface area (Å²) in [6, 6.07) is 16.0. The molecule has 1 aliphatic rings. The fraction of sp³-hybridized carbons (Fsp3) is 0.444. The van der Waals surface area contributed by atoms with Gasteiger partial charge in [-0.3, -0.25) is 14.2 Å². The number of rotatable bonds is 15. The van der Waals surface area contributed by atoms with Crippen LogP contribution in [-0.2, 0) is 16.0 Å². The average molecular weight is 597 g/mol. The van der Waals surface area contributed by atoms with Gasteiger partial charge in [0.25, 0.3) is 0 Å². The van der Waals surface area contributed by atoms with E-state index in [1.165, 1.54) is 6.42 Å². The van der Waals surface area contributed by atoms with Crippen molar-refractivity contribution in [2.75, 3.05) is 13.7 Å². The monoisotopic (exact) mass is 596 g/mol. The van der Waals surface area contributed by atoms with Gasteiger partial charge in [-0.05, 0) is 49.1 Å². The number of Topliss-reactive ketones (excluding diaryl/α,β-unsaturated/α-hetero) is 1. The van der Waals surface area contributed by atoms with E-state index in [0.29, 0.717) is 18.6 Å². The first-order valence-electron chi connectivity index (χ1n) is 16.1. The van der Waals surface area contributed by atoms with Gasteiger partial charge in [-0.25, -0.2) is 9.56 Å². The summed E-state index contributed by atoms with van der Waals surface area (Å²) < 4.78 is 10.3. The van der Waals surface area contributed by atoms with Crippen LogP contribution in [0.25, 0.3) is 22.2 Å². The maximum Gasteiger partial charge on any atom is 0.229 e. The van der Waals surface area contributed by atoms with Crippen LogP contribution in [0.4, 0.5) is 0 Å². The lowest BCUT2D eigenvalue weighted by Crippen LogP contribution is -2.31. The molecule has 5 rings (SSSR count). The van der Waals surface area contributed by atoms with E-state index in [2.05, 4.69) is 51.6 Å². The van der Waals surface area contributed by atoms with E-state index in [4.69, 9.17) is 9.72 Å². The Morgan fingerprint density at radius 2 is 1.95 bits per heavy atom. The third kappa shape index (κ3) is 7.12. The van der Waals surface area contributed by atoms with Gasteiger partial charge in [0.15, 0.2) is 0 Å². The molecule has 0 saturated carbocycles. The van der Waals surface area contributed by atoms with E-state index >= 15 is 0 Å². The van der Waals surface area contributed by atoms with Crippen LogP contribution in [0.2, 0.25) is 0 Å². The number of hydrogen-bond acceptors (Lipinski definition) is 4. The lowest BCUT2D eigenvalue weighted by atomic mass is 10.0. The minimum absolute atomic E-state index is 0.0424. The average Bonchev–Trinajstić information content (AvgIpc) is 3.81. The number of ketones is 1. The van der Waals surface area contributed by atoms with Gasteiger partial charge in [0.2, 0.25) is 12.1 Å². The predicted octanol–water partition coefficient (Wildman–Crippen LogP) is 7.07. The molecule has 0 spiro atoms. The number of ether oxygens (including phenoxy) is 1. The number of amides is 1. The Kier molecular flexibility index (Phi) is 10.3. The Morgan fingerprint density at radius 1 is 1.14 bits per heavy atom. The topological polar surface area (TPSA) is 92.0 Å². The summed E-state index contributed by atoms with van der Waals surface area (Å²) in [5, 5.41) is 4.36. The first-order chi connectivity index (χ1) is 21.4. The van der Waals surface area contributed by atoms with E-state index in [-0.39, 0.29) is 24.5 Å². The molecule has 0 radical (unpaired) electrons. The van der Waals surface area contributed by atoms with Gasteiger partial charge >= 0.3 is 0 Å². The number of benzene rings is 2. The molecule has 4 aromatic rings. The molecule has 8 heteroatoms. The molecule has 2 N–H and O–H groups in total. The molecular weight excluding hydrogens is 550 g/mol. The van der Waals surface area contributed by atoms with Crippen molar-refractivity contribution in [2.45, 2.75) is 90.8 Å². The number of hydrogen-bond donors (Lipinski definition) is 2. The number of imidazole rings is 1. The van der Waals surface area contributed by atoms with Crippen molar-refractivity contribution in [1.29, 1.82) is 0 Å². The van der Waals surface area contributed by atoms with E-state index < -0.39 is 0 Å².